The Hall–Kier alpha value is -1.34. The van der Waals surface area contributed by atoms with E-state index in [0.717, 1.165) is 17.1 Å². The van der Waals surface area contributed by atoms with E-state index in [4.69, 9.17) is 0 Å². The number of carbonyl (C=O) groups is 1. The lowest BCUT2D eigenvalue weighted by atomic mass is 10.1. The number of halogens is 2. The van der Waals surface area contributed by atoms with E-state index in [-0.39, 0.29) is 5.56 Å². The summed E-state index contributed by atoms with van der Waals surface area (Å²) in [5, 5.41) is 8.03. The minimum atomic E-state index is -0.842. The number of aryl methyl sites for hydroxylation is 1. The van der Waals surface area contributed by atoms with E-state index in [0.29, 0.717) is 10.4 Å². The Morgan fingerprint density at radius 3 is 2.68 bits per heavy atom. The van der Waals surface area contributed by atoms with Gasteiger partial charge in [0.15, 0.2) is 10.1 Å². The summed E-state index contributed by atoms with van der Waals surface area (Å²) in [5.74, 6) is -1.93. The van der Waals surface area contributed by atoms with Gasteiger partial charge in [-0.15, -0.1) is 10.2 Å². The van der Waals surface area contributed by atoms with Gasteiger partial charge in [-0.1, -0.05) is 23.1 Å². The quantitative estimate of drug-likeness (QED) is 0.640. The van der Waals surface area contributed by atoms with Crippen molar-refractivity contribution in [1.29, 1.82) is 0 Å². The molecule has 1 heterocycles. The van der Waals surface area contributed by atoms with E-state index in [1.807, 2.05) is 6.92 Å². The average Bonchev–Trinajstić information content (AvgIpc) is 2.74. The van der Waals surface area contributed by atoms with E-state index in [9.17, 15) is 13.6 Å². The van der Waals surface area contributed by atoms with Gasteiger partial charge in [-0.3, -0.25) is 4.79 Å². The van der Waals surface area contributed by atoms with Crippen LogP contribution in [0.15, 0.2) is 22.5 Å². The van der Waals surface area contributed by atoms with Crippen LogP contribution in [0.25, 0.3) is 0 Å². The van der Waals surface area contributed by atoms with Gasteiger partial charge in [0.2, 0.25) is 0 Å². The summed E-state index contributed by atoms with van der Waals surface area (Å²) in [6.07, 6.45) is 0. The summed E-state index contributed by atoms with van der Waals surface area (Å²) in [7, 11) is 0. The lowest BCUT2D eigenvalue weighted by Gasteiger charge is -2.08. The molecular formula is C12H10F2N2OS2. The number of carbonyl (C=O) groups excluding carboxylic acids is 1. The van der Waals surface area contributed by atoms with Crippen LogP contribution < -0.4 is 0 Å². The highest BCUT2D eigenvalue weighted by atomic mass is 32.2. The smallest absolute Gasteiger partial charge is 0.178 e. The molecule has 0 fully saturated rings. The van der Waals surface area contributed by atoms with E-state index in [2.05, 4.69) is 10.2 Å². The Kier molecular flexibility index (Phi) is 4.26. The fraction of sp³-hybridized carbons (Fsp3) is 0.250. The molecule has 3 nitrogen and oxygen atoms in total. The molecule has 0 aliphatic heterocycles. The molecule has 0 aliphatic carbocycles. The van der Waals surface area contributed by atoms with Crippen molar-refractivity contribution in [2.45, 2.75) is 23.4 Å². The molecule has 0 radical (unpaired) electrons. The van der Waals surface area contributed by atoms with E-state index >= 15 is 0 Å². The van der Waals surface area contributed by atoms with Gasteiger partial charge in [0.1, 0.15) is 16.6 Å². The predicted octanol–water partition coefficient (Wildman–Crippen LogP) is 3.49. The van der Waals surface area contributed by atoms with Crippen LogP contribution in [0.3, 0.4) is 0 Å². The van der Waals surface area contributed by atoms with Gasteiger partial charge < -0.3 is 0 Å². The maximum atomic E-state index is 13.5. The zero-order valence-electron chi connectivity index (χ0n) is 10.2. The molecule has 0 aliphatic rings. The van der Waals surface area contributed by atoms with Crippen LogP contribution in [-0.2, 0) is 0 Å². The van der Waals surface area contributed by atoms with Gasteiger partial charge in [-0.2, -0.15) is 0 Å². The van der Waals surface area contributed by atoms with Crippen molar-refractivity contribution in [2.75, 3.05) is 0 Å². The van der Waals surface area contributed by atoms with Gasteiger partial charge >= 0.3 is 0 Å². The molecule has 0 saturated carbocycles. The van der Waals surface area contributed by atoms with E-state index < -0.39 is 22.7 Å². The monoisotopic (exact) mass is 300 g/mol. The van der Waals surface area contributed by atoms with Crippen LogP contribution in [-0.4, -0.2) is 21.2 Å². The zero-order valence-corrected chi connectivity index (χ0v) is 11.8. The van der Waals surface area contributed by atoms with Crippen LogP contribution in [0.5, 0.6) is 0 Å². The lowest BCUT2D eigenvalue weighted by Crippen LogP contribution is -2.15. The van der Waals surface area contributed by atoms with Crippen LogP contribution in [0, 0.1) is 18.6 Å². The largest absolute Gasteiger partial charge is 0.293 e. The van der Waals surface area contributed by atoms with Crippen LogP contribution >= 0.6 is 23.1 Å². The number of nitrogens with zero attached hydrogens (tertiary/aromatic N) is 2. The third kappa shape index (κ3) is 3.36. The molecule has 2 aromatic rings. The standard InChI is InChI=1S/C12H10F2N2OS2/c1-6(18-12-16-15-7(2)19-12)11(17)9-4-3-8(13)5-10(9)14/h3-6H,1-2H3. The third-order valence-corrected chi connectivity index (χ3v) is 4.37. The van der Waals surface area contributed by atoms with Crippen molar-refractivity contribution in [3.8, 4) is 0 Å². The maximum absolute atomic E-state index is 13.5. The fourth-order valence-corrected chi connectivity index (χ4v) is 3.47. The molecule has 1 unspecified atom stereocenters. The lowest BCUT2D eigenvalue weighted by molar-refractivity contribution is 0.0990. The Bertz CT molecular complexity index is 616. The third-order valence-electron chi connectivity index (χ3n) is 2.35. The Morgan fingerprint density at radius 1 is 1.37 bits per heavy atom. The minimum Gasteiger partial charge on any atom is -0.293 e. The van der Waals surface area contributed by atoms with Crippen molar-refractivity contribution < 1.29 is 13.6 Å². The Morgan fingerprint density at radius 2 is 2.11 bits per heavy atom. The number of rotatable bonds is 4. The number of benzene rings is 1. The number of hydrogen-bond donors (Lipinski definition) is 0. The van der Waals surface area contributed by atoms with Gasteiger partial charge in [-0.05, 0) is 26.0 Å². The number of ketones is 1. The van der Waals surface area contributed by atoms with Gasteiger partial charge in [0, 0.05) is 6.07 Å². The van der Waals surface area contributed by atoms with Crippen LogP contribution in [0.4, 0.5) is 8.78 Å². The molecule has 0 N–H and O–H groups in total. The van der Waals surface area contributed by atoms with Crippen molar-refractivity contribution >= 4 is 28.9 Å². The number of aromatic nitrogens is 2. The predicted molar refractivity (Wildman–Crippen MR) is 70.7 cm³/mol. The molecule has 19 heavy (non-hydrogen) atoms. The summed E-state index contributed by atoms with van der Waals surface area (Å²) < 4.78 is 27.0. The normalized spacial score (nSPS) is 12.4. The molecule has 100 valence electrons. The fourth-order valence-electron chi connectivity index (χ4n) is 1.44. The molecule has 0 bridgehead atoms. The molecule has 1 aromatic carbocycles. The van der Waals surface area contributed by atoms with Gasteiger partial charge in [0.25, 0.3) is 0 Å². The van der Waals surface area contributed by atoms with Gasteiger partial charge in [0.05, 0.1) is 10.8 Å². The second-order valence-corrected chi connectivity index (χ2v) is 6.61. The molecular weight excluding hydrogens is 290 g/mol. The summed E-state index contributed by atoms with van der Waals surface area (Å²) in [4.78, 5) is 12.1. The summed E-state index contributed by atoms with van der Waals surface area (Å²) in [6, 6.07) is 2.94. The molecule has 2 rings (SSSR count). The van der Waals surface area contributed by atoms with Gasteiger partial charge in [-0.25, -0.2) is 8.78 Å². The van der Waals surface area contributed by atoms with Crippen molar-refractivity contribution in [3.63, 3.8) is 0 Å². The zero-order chi connectivity index (χ0) is 14.0. The molecule has 1 atom stereocenters. The number of Topliss-reactive ketones (excluding diaryl/α,β-unsaturated/α-hetero) is 1. The first-order chi connectivity index (χ1) is 8.97. The summed E-state index contributed by atoms with van der Waals surface area (Å²) in [5.41, 5.74) is -0.109. The summed E-state index contributed by atoms with van der Waals surface area (Å²) >= 11 is 2.59. The first-order valence-corrected chi connectivity index (χ1v) is 7.13. The van der Waals surface area contributed by atoms with Crippen molar-refractivity contribution in [3.05, 3.63) is 40.4 Å². The Balaban J connectivity index is 2.14. The average molecular weight is 300 g/mol. The first-order valence-electron chi connectivity index (χ1n) is 5.43. The van der Waals surface area contributed by atoms with Crippen molar-refractivity contribution in [2.24, 2.45) is 0 Å². The van der Waals surface area contributed by atoms with Crippen LogP contribution in [0.1, 0.15) is 22.3 Å². The van der Waals surface area contributed by atoms with Crippen LogP contribution in [0.2, 0.25) is 0 Å². The molecule has 7 heteroatoms. The highest BCUT2D eigenvalue weighted by Crippen LogP contribution is 2.28. The van der Waals surface area contributed by atoms with Crippen molar-refractivity contribution in [1.82, 2.24) is 10.2 Å². The highest BCUT2D eigenvalue weighted by molar-refractivity contribution is 8.02. The number of thioether (sulfide) groups is 1. The summed E-state index contributed by atoms with van der Waals surface area (Å²) in [6.45, 7) is 3.47. The molecule has 0 spiro atoms. The Labute approximate surface area is 117 Å². The molecule has 0 saturated heterocycles. The second kappa shape index (κ2) is 5.75. The highest BCUT2D eigenvalue weighted by Gasteiger charge is 2.21. The molecule has 1 aromatic heterocycles. The number of hydrogen-bond acceptors (Lipinski definition) is 5. The molecule has 0 amide bonds. The SMILES string of the molecule is Cc1nnc(SC(C)C(=O)c2ccc(F)cc2F)s1. The maximum Gasteiger partial charge on any atom is 0.178 e. The topological polar surface area (TPSA) is 42.9 Å². The second-order valence-electron chi connectivity index (χ2n) is 3.84. The van der Waals surface area contributed by atoms with E-state index in [1.54, 1.807) is 6.92 Å². The minimum absolute atomic E-state index is 0.109. The van der Waals surface area contributed by atoms with E-state index in [1.165, 1.54) is 23.1 Å². The first kappa shape index (κ1) is 14.1.